The van der Waals surface area contributed by atoms with Crippen LogP contribution in [0.15, 0.2) is 17.5 Å². The van der Waals surface area contributed by atoms with E-state index < -0.39 is 0 Å². The van der Waals surface area contributed by atoms with Crippen LogP contribution in [0.3, 0.4) is 0 Å². The van der Waals surface area contributed by atoms with E-state index in [2.05, 4.69) is 41.6 Å². The van der Waals surface area contributed by atoms with Crippen LogP contribution in [0.4, 0.5) is 0 Å². The monoisotopic (exact) mass is 282 g/mol. The lowest BCUT2D eigenvalue weighted by atomic mass is 10.0. The van der Waals surface area contributed by atoms with Crippen molar-refractivity contribution in [2.75, 3.05) is 32.8 Å². The van der Waals surface area contributed by atoms with Crippen molar-refractivity contribution in [3.05, 3.63) is 22.4 Å². The average Bonchev–Trinajstić information content (AvgIpc) is 3.07. The molecule has 2 unspecified atom stereocenters. The molecule has 1 saturated heterocycles. The Bertz CT molecular complexity index is 342. The highest BCUT2D eigenvalue weighted by Crippen LogP contribution is 2.18. The molecule has 3 nitrogen and oxygen atoms in total. The maximum absolute atomic E-state index is 5.66. The molecule has 0 saturated carbocycles. The molecule has 0 aliphatic carbocycles. The lowest BCUT2D eigenvalue weighted by molar-refractivity contribution is 0.167. The third-order valence-electron chi connectivity index (χ3n) is 3.75. The van der Waals surface area contributed by atoms with Crippen LogP contribution in [0.25, 0.3) is 0 Å². The molecular formula is C15H26N2OS. The van der Waals surface area contributed by atoms with Gasteiger partial charge in [0.05, 0.1) is 13.2 Å². The van der Waals surface area contributed by atoms with Crippen LogP contribution in [-0.2, 0) is 11.3 Å². The van der Waals surface area contributed by atoms with Crippen LogP contribution in [0.1, 0.15) is 25.1 Å². The molecule has 0 bridgehead atoms. The van der Waals surface area contributed by atoms with Crippen molar-refractivity contribution in [2.24, 2.45) is 5.92 Å². The molecule has 1 aliphatic rings. The Morgan fingerprint density at radius 1 is 1.42 bits per heavy atom. The highest BCUT2D eigenvalue weighted by Gasteiger charge is 2.28. The quantitative estimate of drug-likeness (QED) is 0.793. The summed E-state index contributed by atoms with van der Waals surface area (Å²) in [5.74, 6) is 0.631. The fraction of sp³-hybridized carbons (Fsp3) is 0.733. The molecule has 4 heteroatoms. The van der Waals surface area contributed by atoms with Gasteiger partial charge in [0.15, 0.2) is 0 Å². The molecule has 19 heavy (non-hydrogen) atoms. The molecule has 0 aromatic carbocycles. The van der Waals surface area contributed by atoms with E-state index in [1.54, 1.807) is 0 Å². The minimum absolute atomic E-state index is 0.539. The Hall–Kier alpha value is -0.420. The fourth-order valence-corrected chi connectivity index (χ4v) is 3.34. The van der Waals surface area contributed by atoms with Crippen molar-refractivity contribution in [3.63, 3.8) is 0 Å². The molecular weight excluding hydrogens is 256 g/mol. The number of hydrogen-bond donors (Lipinski definition) is 1. The SMILES string of the molecule is CCCNC1COCC1CN(CC)Cc1cccs1. The average molecular weight is 282 g/mol. The van der Waals surface area contributed by atoms with Crippen molar-refractivity contribution < 1.29 is 4.74 Å². The summed E-state index contributed by atoms with van der Waals surface area (Å²) in [5.41, 5.74) is 0. The van der Waals surface area contributed by atoms with Gasteiger partial charge in [0.25, 0.3) is 0 Å². The lowest BCUT2D eigenvalue weighted by Crippen LogP contribution is -2.41. The maximum Gasteiger partial charge on any atom is 0.0623 e. The van der Waals surface area contributed by atoms with Crippen LogP contribution in [0.2, 0.25) is 0 Å². The molecule has 108 valence electrons. The fourth-order valence-electron chi connectivity index (χ4n) is 2.59. The summed E-state index contributed by atoms with van der Waals surface area (Å²) in [4.78, 5) is 3.99. The molecule has 1 fully saturated rings. The topological polar surface area (TPSA) is 24.5 Å². The van der Waals surface area contributed by atoms with Crippen LogP contribution >= 0.6 is 11.3 Å². The minimum atomic E-state index is 0.539. The van der Waals surface area contributed by atoms with E-state index in [1.165, 1.54) is 11.3 Å². The van der Waals surface area contributed by atoms with E-state index in [1.807, 2.05) is 11.3 Å². The number of rotatable bonds is 8. The lowest BCUT2D eigenvalue weighted by Gasteiger charge is -2.26. The van der Waals surface area contributed by atoms with Gasteiger partial charge in [-0.2, -0.15) is 0 Å². The minimum Gasteiger partial charge on any atom is -0.379 e. The molecule has 2 heterocycles. The van der Waals surface area contributed by atoms with Gasteiger partial charge in [-0.25, -0.2) is 0 Å². The standard InChI is InChI=1S/C15H26N2OS/c1-3-7-16-15-12-18-11-13(15)9-17(4-2)10-14-6-5-8-19-14/h5-6,8,13,15-16H,3-4,7,9-12H2,1-2H3. The van der Waals surface area contributed by atoms with Gasteiger partial charge in [-0.1, -0.05) is 19.9 Å². The number of hydrogen-bond acceptors (Lipinski definition) is 4. The first-order valence-corrected chi connectivity index (χ1v) is 8.27. The Kier molecular flexibility index (Phi) is 6.31. The van der Waals surface area contributed by atoms with Gasteiger partial charge in [0.2, 0.25) is 0 Å². The molecule has 0 spiro atoms. The summed E-state index contributed by atoms with van der Waals surface area (Å²) < 4.78 is 5.66. The van der Waals surface area contributed by atoms with Crippen LogP contribution < -0.4 is 5.32 Å². The van der Waals surface area contributed by atoms with Gasteiger partial charge >= 0.3 is 0 Å². The second-order valence-corrected chi connectivity index (χ2v) is 6.30. The third-order valence-corrected chi connectivity index (χ3v) is 4.62. The molecule has 2 atom stereocenters. The first-order valence-electron chi connectivity index (χ1n) is 7.39. The van der Waals surface area contributed by atoms with Crippen molar-refractivity contribution in [1.29, 1.82) is 0 Å². The van der Waals surface area contributed by atoms with E-state index in [0.29, 0.717) is 12.0 Å². The molecule has 1 aliphatic heterocycles. The van der Waals surface area contributed by atoms with E-state index >= 15 is 0 Å². The van der Waals surface area contributed by atoms with E-state index in [-0.39, 0.29) is 0 Å². The summed E-state index contributed by atoms with van der Waals surface area (Å²) in [6.07, 6.45) is 1.19. The second-order valence-electron chi connectivity index (χ2n) is 5.27. The van der Waals surface area contributed by atoms with Crippen molar-refractivity contribution in [3.8, 4) is 0 Å². The van der Waals surface area contributed by atoms with Crippen LogP contribution in [-0.4, -0.2) is 43.8 Å². The zero-order valence-electron chi connectivity index (χ0n) is 12.1. The molecule has 1 aromatic heterocycles. The van der Waals surface area contributed by atoms with Gasteiger partial charge in [-0.05, 0) is 31.0 Å². The van der Waals surface area contributed by atoms with Crippen LogP contribution in [0, 0.1) is 5.92 Å². The predicted molar refractivity (Wildman–Crippen MR) is 81.7 cm³/mol. The summed E-state index contributed by atoms with van der Waals surface area (Å²) >= 11 is 1.85. The molecule has 1 aromatic rings. The third kappa shape index (κ3) is 4.56. The predicted octanol–water partition coefficient (Wildman–Crippen LogP) is 2.58. The van der Waals surface area contributed by atoms with E-state index in [0.717, 1.165) is 39.4 Å². The summed E-state index contributed by atoms with van der Waals surface area (Å²) in [7, 11) is 0. The molecule has 2 rings (SSSR count). The number of nitrogens with one attached hydrogen (secondary N) is 1. The highest BCUT2D eigenvalue weighted by atomic mass is 32.1. The van der Waals surface area contributed by atoms with Crippen molar-refractivity contribution in [1.82, 2.24) is 10.2 Å². The number of nitrogens with zero attached hydrogens (tertiary/aromatic N) is 1. The molecule has 0 amide bonds. The largest absolute Gasteiger partial charge is 0.379 e. The Morgan fingerprint density at radius 2 is 2.32 bits per heavy atom. The number of thiophene rings is 1. The Balaban J connectivity index is 1.83. The smallest absolute Gasteiger partial charge is 0.0623 e. The molecule has 0 radical (unpaired) electrons. The maximum atomic E-state index is 5.66. The van der Waals surface area contributed by atoms with Crippen LogP contribution in [0.5, 0.6) is 0 Å². The second kappa shape index (κ2) is 8.00. The van der Waals surface area contributed by atoms with Gasteiger partial charge in [0.1, 0.15) is 0 Å². The van der Waals surface area contributed by atoms with Gasteiger partial charge in [-0.3, -0.25) is 4.90 Å². The Morgan fingerprint density at radius 3 is 3.00 bits per heavy atom. The van der Waals surface area contributed by atoms with Crippen molar-refractivity contribution >= 4 is 11.3 Å². The summed E-state index contributed by atoms with van der Waals surface area (Å²) in [5, 5.41) is 5.78. The highest BCUT2D eigenvalue weighted by molar-refractivity contribution is 7.09. The van der Waals surface area contributed by atoms with E-state index in [9.17, 15) is 0 Å². The number of ether oxygens (including phenoxy) is 1. The van der Waals surface area contributed by atoms with Gasteiger partial charge in [0, 0.05) is 29.9 Å². The van der Waals surface area contributed by atoms with E-state index in [4.69, 9.17) is 4.74 Å². The summed E-state index contributed by atoms with van der Waals surface area (Å²) in [6, 6.07) is 4.90. The first kappa shape index (κ1) is 15.0. The van der Waals surface area contributed by atoms with Gasteiger partial charge < -0.3 is 10.1 Å². The normalized spacial score (nSPS) is 23.3. The first-order chi connectivity index (χ1) is 9.33. The zero-order valence-corrected chi connectivity index (χ0v) is 12.9. The zero-order chi connectivity index (χ0) is 13.5. The van der Waals surface area contributed by atoms with Gasteiger partial charge in [-0.15, -0.1) is 11.3 Å². The Labute approximate surface area is 121 Å². The molecule has 1 N–H and O–H groups in total. The van der Waals surface area contributed by atoms with Crippen molar-refractivity contribution in [2.45, 2.75) is 32.9 Å². The summed E-state index contributed by atoms with van der Waals surface area (Å²) in [6.45, 7) is 10.7.